The number of Topliss-reactive ketones (excluding diaryl/α,β-unsaturated/α-hetero) is 1. The van der Waals surface area contributed by atoms with Crippen LogP contribution in [-0.2, 0) is 4.79 Å². The quantitative estimate of drug-likeness (QED) is 0.768. The van der Waals surface area contributed by atoms with Crippen molar-refractivity contribution in [2.45, 2.75) is 78.3 Å². The Hall–Kier alpha value is -0.370. The van der Waals surface area contributed by atoms with Crippen molar-refractivity contribution in [3.05, 3.63) is 0 Å². The van der Waals surface area contributed by atoms with Crippen LogP contribution in [0.5, 0.6) is 0 Å². The number of hydrogen-bond acceptors (Lipinski definition) is 2. The monoisotopic (exact) mass is 239 g/mol. The van der Waals surface area contributed by atoms with Crippen molar-refractivity contribution >= 4 is 5.78 Å². The molecule has 0 heterocycles. The summed E-state index contributed by atoms with van der Waals surface area (Å²) >= 11 is 0. The number of ketones is 1. The molecule has 0 aromatic carbocycles. The molecule has 17 heavy (non-hydrogen) atoms. The van der Waals surface area contributed by atoms with Gasteiger partial charge in [-0.25, -0.2) is 0 Å². The highest BCUT2D eigenvalue weighted by atomic mass is 16.1. The summed E-state index contributed by atoms with van der Waals surface area (Å²) in [6, 6.07) is 0.476. The molecule has 0 bridgehead atoms. The SMILES string of the molecule is CC(C)NC(CC1CCCCC1)C(=O)C(C)C. The molecule has 0 aromatic heterocycles. The van der Waals surface area contributed by atoms with Gasteiger partial charge in [0.15, 0.2) is 5.78 Å². The van der Waals surface area contributed by atoms with Crippen LogP contribution in [0.2, 0.25) is 0 Å². The van der Waals surface area contributed by atoms with Gasteiger partial charge in [-0.3, -0.25) is 4.79 Å². The molecule has 1 aliphatic carbocycles. The van der Waals surface area contributed by atoms with Gasteiger partial charge in [0.25, 0.3) is 0 Å². The lowest BCUT2D eigenvalue weighted by atomic mass is 9.82. The van der Waals surface area contributed by atoms with Crippen molar-refractivity contribution in [3.63, 3.8) is 0 Å². The molecule has 0 amide bonds. The van der Waals surface area contributed by atoms with Crippen molar-refractivity contribution in [1.29, 1.82) is 0 Å². The fraction of sp³-hybridized carbons (Fsp3) is 0.933. The van der Waals surface area contributed by atoms with E-state index in [1.165, 1.54) is 32.1 Å². The van der Waals surface area contributed by atoms with Crippen LogP contribution in [-0.4, -0.2) is 17.9 Å². The van der Waals surface area contributed by atoms with Crippen molar-refractivity contribution < 1.29 is 4.79 Å². The van der Waals surface area contributed by atoms with Crippen LogP contribution < -0.4 is 5.32 Å². The first-order chi connectivity index (χ1) is 8.00. The van der Waals surface area contributed by atoms with Crippen molar-refractivity contribution in [1.82, 2.24) is 5.32 Å². The standard InChI is InChI=1S/C15H29NO/c1-11(2)15(17)14(16-12(3)4)10-13-8-6-5-7-9-13/h11-14,16H,5-10H2,1-4H3. The summed E-state index contributed by atoms with van der Waals surface area (Å²) in [5.41, 5.74) is 0. The van der Waals surface area contributed by atoms with Crippen LogP contribution in [0.3, 0.4) is 0 Å². The van der Waals surface area contributed by atoms with Gasteiger partial charge in [-0.2, -0.15) is 0 Å². The van der Waals surface area contributed by atoms with E-state index in [2.05, 4.69) is 19.2 Å². The Balaban J connectivity index is 2.52. The van der Waals surface area contributed by atoms with Crippen molar-refractivity contribution in [3.8, 4) is 0 Å². The second kappa shape index (κ2) is 7.15. The molecule has 2 heteroatoms. The minimum absolute atomic E-state index is 0.0816. The Kier molecular flexibility index (Phi) is 6.18. The van der Waals surface area contributed by atoms with E-state index < -0.39 is 0 Å². The third-order valence-corrected chi connectivity index (χ3v) is 3.74. The molecule has 1 saturated carbocycles. The fourth-order valence-corrected chi connectivity index (χ4v) is 2.83. The summed E-state index contributed by atoms with van der Waals surface area (Å²) in [6.07, 6.45) is 7.79. The van der Waals surface area contributed by atoms with Crippen LogP contribution >= 0.6 is 0 Å². The normalized spacial score (nSPS) is 19.9. The average Bonchev–Trinajstić information content (AvgIpc) is 2.28. The first kappa shape index (κ1) is 14.7. The zero-order chi connectivity index (χ0) is 12.8. The Morgan fingerprint density at radius 3 is 2.18 bits per heavy atom. The molecule has 1 rings (SSSR count). The molecule has 1 N–H and O–H groups in total. The van der Waals surface area contributed by atoms with Gasteiger partial charge in [0.1, 0.15) is 0 Å². The van der Waals surface area contributed by atoms with Gasteiger partial charge in [0.05, 0.1) is 6.04 Å². The first-order valence-electron chi connectivity index (χ1n) is 7.30. The third-order valence-electron chi connectivity index (χ3n) is 3.74. The summed E-state index contributed by atoms with van der Waals surface area (Å²) in [5.74, 6) is 1.31. The predicted octanol–water partition coefficient (Wildman–Crippen LogP) is 3.55. The Labute approximate surface area is 107 Å². The Morgan fingerprint density at radius 2 is 1.71 bits per heavy atom. The maximum Gasteiger partial charge on any atom is 0.152 e. The minimum Gasteiger partial charge on any atom is -0.305 e. The molecule has 0 aliphatic heterocycles. The lowest BCUT2D eigenvalue weighted by Crippen LogP contribution is -2.44. The first-order valence-corrected chi connectivity index (χ1v) is 7.30. The predicted molar refractivity (Wildman–Crippen MR) is 73.1 cm³/mol. The van der Waals surface area contributed by atoms with Crippen LogP contribution in [0.1, 0.15) is 66.2 Å². The van der Waals surface area contributed by atoms with Gasteiger partial charge in [-0.1, -0.05) is 59.8 Å². The van der Waals surface area contributed by atoms with E-state index in [0.717, 1.165) is 12.3 Å². The number of nitrogens with one attached hydrogen (secondary N) is 1. The maximum atomic E-state index is 12.2. The molecule has 0 spiro atoms. The van der Waals surface area contributed by atoms with Crippen LogP contribution in [0.15, 0.2) is 0 Å². The summed E-state index contributed by atoms with van der Waals surface area (Å²) in [7, 11) is 0. The van der Waals surface area contributed by atoms with E-state index in [1.807, 2.05) is 13.8 Å². The summed E-state index contributed by atoms with van der Waals surface area (Å²) in [5, 5.41) is 3.46. The van der Waals surface area contributed by atoms with Gasteiger partial charge < -0.3 is 5.32 Å². The summed E-state index contributed by atoms with van der Waals surface area (Å²) < 4.78 is 0. The second-order valence-electron chi connectivity index (χ2n) is 6.17. The van der Waals surface area contributed by atoms with Crippen LogP contribution in [0.4, 0.5) is 0 Å². The van der Waals surface area contributed by atoms with E-state index >= 15 is 0 Å². The molecule has 100 valence electrons. The lowest BCUT2D eigenvalue weighted by Gasteiger charge is -2.28. The van der Waals surface area contributed by atoms with Crippen LogP contribution in [0, 0.1) is 11.8 Å². The smallest absolute Gasteiger partial charge is 0.152 e. The zero-order valence-electron chi connectivity index (χ0n) is 12.0. The molecule has 2 nitrogen and oxygen atoms in total. The number of rotatable bonds is 6. The van der Waals surface area contributed by atoms with Gasteiger partial charge in [-0.15, -0.1) is 0 Å². The molecule has 0 radical (unpaired) electrons. The molecule has 1 aliphatic rings. The Bertz CT molecular complexity index is 229. The third kappa shape index (κ3) is 5.20. The van der Waals surface area contributed by atoms with Crippen molar-refractivity contribution in [2.24, 2.45) is 11.8 Å². The topological polar surface area (TPSA) is 29.1 Å². The summed E-state index contributed by atoms with van der Waals surface area (Å²) in [6.45, 7) is 8.28. The fourth-order valence-electron chi connectivity index (χ4n) is 2.83. The molecular weight excluding hydrogens is 210 g/mol. The number of hydrogen-bond donors (Lipinski definition) is 1. The molecule has 0 aromatic rings. The second-order valence-corrected chi connectivity index (χ2v) is 6.17. The molecular formula is C15H29NO. The van der Waals surface area contributed by atoms with E-state index in [4.69, 9.17) is 0 Å². The minimum atomic E-state index is 0.0816. The molecule has 1 unspecified atom stereocenters. The summed E-state index contributed by atoms with van der Waals surface area (Å²) in [4.78, 5) is 12.2. The van der Waals surface area contributed by atoms with Gasteiger partial charge in [0, 0.05) is 12.0 Å². The average molecular weight is 239 g/mol. The largest absolute Gasteiger partial charge is 0.305 e. The van der Waals surface area contributed by atoms with Gasteiger partial charge >= 0.3 is 0 Å². The van der Waals surface area contributed by atoms with Gasteiger partial charge in [0.2, 0.25) is 0 Å². The van der Waals surface area contributed by atoms with Gasteiger partial charge in [-0.05, 0) is 12.3 Å². The van der Waals surface area contributed by atoms with E-state index in [0.29, 0.717) is 11.8 Å². The molecule has 0 saturated heterocycles. The molecule has 1 fully saturated rings. The lowest BCUT2D eigenvalue weighted by molar-refractivity contribution is -0.124. The highest BCUT2D eigenvalue weighted by Gasteiger charge is 2.25. The number of carbonyl (C=O) groups is 1. The zero-order valence-corrected chi connectivity index (χ0v) is 12.0. The van der Waals surface area contributed by atoms with Crippen molar-refractivity contribution in [2.75, 3.05) is 0 Å². The van der Waals surface area contributed by atoms with E-state index in [1.54, 1.807) is 0 Å². The van der Waals surface area contributed by atoms with E-state index in [9.17, 15) is 4.79 Å². The van der Waals surface area contributed by atoms with E-state index in [-0.39, 0.29) is 12.0 Å². The highest BCUT2D eigenvalue weighted by Crippen LogP contribution is 2.28. The molecule has 1 atom stereocenters. The highest BCUT2D eigenvalue weighted by molar-refractivity contribution is 5.85. The van der Waals surface area contributed by atoms with Crippen LogP contribution in [0.25, 0.3) is 0 Å². The number of carbonyl (C=O) groups excluding carboxylic acids is 1. The maximum absolute atomic E-state index is 12.2. The Morgan fingerprint density at radius 1 is 1.12 bits per heavy atom.